The van der Waals surface area contributed by atoms with Crippen molar-refractivity contribution < 1.29 is 47.6 Å². The van der Waals surface area contributed by atoms with Crippen molar-refractivity contribution in [1.82, 2.24) is 10.2 Å². The number of carbonyl (C=O) groups excluding carboxylic acids is 4. The van der Waals surface area contributed by atoms with E-state index in [2.05, 4.69) is 17.2 Å². The highest BCUT2D eigenvalue weighted by molar-refractivity contribution is 6.25. The Kier molecular flexibility index (Phi) is 13.5. The quantitative estimate of drug-likeness (QED) is 0.124. The lowest BCUT2D eigenvalue weighted by Crippen LogP contribution is -2.54. The number of imide groups is 2. The second-order valence-corrected chi connectivity index (χ2v) is 8.70. The molecule has 220 valence electrons. The van der Waals surface area contributed by atoms with Crippen LogP contribution in [0.25, 0.3) is 0 Å². The summed E-state index contributed by atoms with van der Waals surface area (Å²) in [6, 6.07) is 3.91. The van der Waals surface area contributed by atoms with Gasteiger partial charge in [-0.1, -0.05) is 12.6 Å². The summed E-state index contributed by atoms with van der Waals surface area (Å²) in [6.45, 7) is 8.76. The molecule has 4 amide bonds. The van der Waals surface area contributed by atoms with E-state index in [1.165, 1.54) is 6.26 Å². The van der Waals surface area contributed by atoms with Crippen molar-refractivity contribution >= 4 is 29.3 Å². The van der Waals surface area contributed by atoms with Gasteiger partial charge in [-0.15, -0.1) is 0 Å². The summed E-state index contributed by atoms with van der Waals surface area (Å²) in [7, 11) is 0. The Morgan fingerprint density at radius 2 is 1.40 bits per heavy atom. The van der Waals surface area contributed by atoms with Gasteiger partial charge in [-0.3, -0.25) is 29.4 Å². The van der Waals surface area contributed by atoms with Gasteiger partial charge in [-0.05, 0) is 18.6 Å². The summed E-state index contributed by atoms with van der Waals surface area (Å²) < 4.78 is 32.1. The molecule has 3 rings (SSSR count). The molecule has 0 saturated carbocycles. The number of rotatable bonds is 21. The third kappa shape index (κ3) is 9.38. The van der Waals surface area contributed by atoms with E-state index in [9.17, 15) is 19.2 Å². The maximum atomic E-state index is 13.1. The number of hydrogen-bond donors (Lipinski definition) is 2. The molecule has 1 aromatic carbocycles. The summed E-state index contributed by atoms with van der Waals surface area (Å²) >= 11 is 0. The Balaban J connectivity index is 1.22. The molecule has 1 fully saturated rings. The van der Waals surface area contributed by atoms with Gasteiger partial charge < -0.3 is 33.7 Å². The maximum absolute atomic E-state index is 13.1. The van der Waals surface area contributed by atoms with Crippen LogP contribution in [0.15, 0.2) is 31.0 Å². The van der Waals surface area contributed by atoms with Crippen LogP contribution in [0.2, 0.25) is 0 Å². The minimum Gasteiger partial charge on any atom is -0.499 e. The SMILES string of the molecule is C=COCCOCCOCCOCCOCCOCCNc1cccc2c1C(=O)N(C1CCC(=O)NC1=O)C2=O. The minimum atomic E-state index is -1.00. The van der Waals surface area contributed by atoms with Crippen molar-refractivity contribution in [3.8, 4) is 0 Å². The summed E-state index contributed by atoms with van der Waals surface area (Å²) in [6.07, 6.45) is 1.56. The Morgan fingerprint density at radius 3 is 1.98 bits per heavy atom. The van der Waals surface area contributed by atoms with E-state index < -0.39 is 29.7 Å². The Morgan fingerprint density at radius 1 is 0.825 bits per heavy atom. The van der Waals surface area contributed by atoms with Gasteiger partial charge in [-0.25, -0.2) is 0 Å². The number of fused-ring (bicyclic) bond motifs is 1. The molecule has 1 saturated heterocycles. The van der Waals surface area contributed by atoms with E-state index in [-0.39, 0.29) is 24.0 Å². The van der Waals surface area contributed by atoms with Crippen LogP contribution in [0.4, 0.5) is 5.69 Å². The summed E-state index contributed by atoms with van der Waals surface area (Å²) in [5.74, 6) is -2.15. The van der Waals surface area contributed by atoms with Gasteiger partial charge in [-0.2, -0.15) is 0 Å². The lowest BCUT2D eigenvalue weighted by molar-refractivity contribution is -0.136. The lowest BCUT2D eigenvalue weighted by atomic mass is 10.0. The number of amides is 4. The average Bonchev–Trinajstić information content (AvgIpc) is 3.20. The molecule has 1 unspecified atom stereocenters. The van der Waals surface area contributed by atoms with E-state index in [0.717, 1.165) is 4.90 Å². The second-order valence-electron chi connectivity index (χ2n) is 8.70. The van der Waals surface area contributed by atoms with E-state index in [1.54, 1.807) is 18.2 Å². The Labute approximate surface area is 233 Å². The zero-order chi connectivity index (χ0) is 28.6. The molecule has 1 aromatic rings. The molecule has 13 nitrogen and oxygen atoms in total. The van der Waals surface area contributed by atoms with Crippen molar-refractivity contribution in [2.24, 2.45) is 0 Å². The number of hydrogen-bond acceptors (Lipinski definition) is 11. The first-order chi connectivity index (χ1) is 19.5. The monoisotopic (exact) mass is 563 g/mol. The normalized spacial score (nSPS) is 16.7. The van der Waals surface area contributed by atoms with Crippen LogP contribution in [0, 0.1) is 0 Å². The molecule has 0 bridgehead atoms. The predicted octanol–water partition coefficient (Wildman–Crippen LogP) is 0.743. The van der Waals surface area contributed by atoms with Crippen LogP contribution in [0.1, 0.15) is 33.6 Å². The largest absolute Gasteiger partial charge is 0.499 e. The number of ether oxygens (including phenoxy) is 6. The van der Waals surface area contributed by atoms with Gasteiger partial charge in [0, 0.05) is 18.7 Å². The predicted molar refractivity (Wildman–Crippen MR) is 142 cm³/mol. The first-order valence-electron chi connectivity index (χ1n) is 13.2. The van der Waals surface area contributed by atoms with Crippen molar-refractivity contribution in [3.63, 3.8) is 0 Å². The van der Waals surface area contributed by atoms with Gasteiger partial charge in [0.25, 0.3) is 11.8 Å². The molecular weight excluding hydrogens is 526 g/mol. The van der Waals surface area contributed by atoms with Crippen LogP contribution in [-0.2, 0) is 38.0 Å². The molecule has 2 aliphatic heterocycles. The van der Waals surface area contributed by atoms with E-state index in [4.69, 9.17) is 28.4 Å². The van der Waals surface area contributed by atoms with Gasteiger partial charge in [0.15, 0.2) is 0 Å². The molecule has 40 heavy (non-hydrogen) atoms. The van der Waals surface area contributed by atoms with Crippen LogP contribution in [-0.4, -0.2) is 114 Å². The fourth-order valence-electron chi connectivity index (χ4n) is 4.09. The molecule has 2 N–H and O–H groups in total. The summed E-state index contributed by atoms with van der Waals surface area (Å²) in [4.78, 5) is 50.6. The van der Waals surface area contributed by atoms with Crippen LogP contribution in [0.5, 0.6) is 0 Å². The topological polar surface area (TPSA) is 151 Å². The molecule has 2 aliphatic rings. The number of nitrogens with one attached hydrogen (secondary N) is 2. The van der Waals surface area contributed by atoms with Gasteiger partial charge in [0.1, 0.15) is 12.6 Å². The first-order valence-corrected chi connectivity index (χ1v) is 13.2. The maximum Gasteiger partial charge on any atom is 0.264 e. The summed E-state index contributed by atoms with van der Waals surface area (Å²) in [5.41, 5.74) is 0.924. The molecule has 0 aliphatic carbocycles. The number of benzene rings is 1. The van der Waals surface area contributed by atoms with Crippen LogP contribution < -0.4 is 10.6 Å². The fraction of sp³-hybridized carbons (Fsp3) is 0.556. The molecule has 1 atom stereocenters. The zero-order valence-corrected chi connectivity index (χ0v) is 22.5. The number of anilines is 1. The molecule has 13 heteroatoms. The first kappa shape index (κ1) is 31.2. The average molecular weight is 564 g/mol. The van der Waals surface area contributed by atoms with E-state index in [1.807, 2.05) is 0 Å². The van der Waals surface area contributed by atoms with Crippen molar-refractivity contribution in [3.05, 3.63) is 42.2 Å². The van der Waals surface area contributed by atoms with Gasteiger partial charge in [0.2, 0.25) is 11.8 Å². The number of piperidine rings is 1. The van der Waals surface area contributed by atoms with Crippen molar-refractivity contribution in [1.29, 1.82) is 0 Å². The highest BCUT2D eigenvalue weighted by Crippen LogP contribution is 2.32. The zero-order valence-electron chi connectivity index (χ0n) is 22.5. The number of nitrogens with zero attached hydrogens (tertiary/aromatic N) is 1. The molecule has 2 heterocycles. The highest BCUT2D eigenvalue weighted by Gasteiger charge is 2.45. The van der Waals surface area contributed by atoms with E-state index in [0.29, 0.717) is 84.9 Å². The Bertz CT molecular complexity index is 1020. The second kappa shape index (κ2) is 17.4. The lowest BCUT2D eigenvalue weighted by Gasteiger charge is -2.27. The summed E-state index contributed by atoms with van der Waals surface area (Å²) in [5, 5.41) is 5.31. The molecule has 0 radical (unpaired) electrons. The molecule has 0 spiro atoms. The van der Waals surface area contributed by atoms with Gasteiger partial charge in [0.05, 0.1) is 83.5 Å². The molecule has 0 aromatic heterocycles. The number of carbonyl (C=O) groups is 4. The fourth-order valence-corrected chi connectivity index (χ4v) is 4.09. The van der Waals surface area contributed by atoms with Crippen molar-refractivity contribution in [2.75, 3.05) is 84.5 Å². The minimum absolute atomic E-state index is 0.0720. The van der Waals surface area contributed by atoms with E-state index >= 15 is 0 Å². The smallest absolute Gasteiger partial charge is 0.264 e. The molecular formula is C27H37N3O10. The highest BCUT2D eigenvalue weighted by atomic mass is 16.6. The standard InChI is InChI=1S/C27H37N3O10/c1-2-35-10-11-37-14-15-39-18-19-40-17-16-38-13-12-36-9-8-28-21-5-3-4-20-24(21)27(34)30(26(20)33)22-6-7-23(31)29-25(22)32/h2-5,22,28H,1,6-19H2,(H,29,31,32). The Hall–Kier alpha value is -3.36. The van der Waals surface area contributed by atoms with Crippen LogP contribution in [0.3, 0.4) is 0 Å². The third-order valence-corrected chi connectivity index (χ3v) is 5.98. The van der Waals surface area contributed by atoms with Crippen molar-refractivity contribution in [2.45, 2.75) is 18.9 Å². The van der Waals surface area contributed by atoms with Crippen LogP contribution >= 0.6 is 0 Å². The van der Waals surface area contributed by atoms with Gasteiger partial charge >= 0.3 is 0 Å². The third-order valence-electron chi connectivity index (χ3n) is 5.98.